The minimum absolute atomic E-state index is 0.0404. The van der Waals surface area contributed by atoms with Gasteiger partial charge in [0.25, 0.3) is 0 Å². The van der Waals surface area contributed by atoms with Crippen molar-refractivity contribution < 1.29 is 13.9 Å². The molecule has 0 amide bonds. The first-order valence-corrected chi connectivity index (χ1v) is 9.94. The zero-order valence-corrected chi connectivity index (χ0v) is 16.0. The first-order valence-electron chi connectivity index (χ1n) is 9.94. The molecule has 0 aromatic heterocycles. The largest absolute Gasteiger partial charge is 0.348 e. The van der Waals surface area contributed by atoms with Crippen LogP contribution in [0.3, 0.4) is 0 Å². The Labute approximate surface area is 153 Å². The van der Waals surface area contributed by atoms with Crippen LogP contribution < -0.4 is 0 Å². The highest BCUT2D eigenvalue weighted by Crippen LogP contribution is 2.31. The standard InChI is InChI=1S/C22H34FO2/c1-4-7-8-10-17-15-24-22(25-16-17)19-13-11-18(12-14-19)20(6-3)21(23)9-5-2/h5,11-14,17,20-22H,4,6-10,15-16H2,1-3H3. The average Bonchev–Trinajstić information content (AvgIpc) is 2.64. The number of ether oxygens (including phenoxy) is 2. The highest BCUT2D eigenvalue weighted by atomic mass is 19.1. The van der Waals surface area contributed by atoms with Gasteiger partial charge in [0.05, 0.1) is 13.2 Å². The summed E-state index contributed by atoms with van der Waals surface area (Å²) in [4.78, 5) is 0. The van der Waals surface area contributed by atoms with Crippen molar-refractivity contribution in [2.24, 2.45) is 5.92 Å². The molecule has 2 atom stereocenters. The van der Waals surface area contributed by atoms with Crippen LogP contribution >= 0.6 is 0 Å². The number of alkyl halides is 1. The number of rotatable bonds is 10. The fourth-order valence-electron chi connectivity index (χ4n) is 3.58. The van der Waals surface area contributed by atoms with Crippen LogP contribution in [0.15, 0.2) is 24.3 Å². The minimum atomic E-state index is -0.813. The monoisotopic (exact) mass is 349 g/mol. The molecule has 1 aromatic carbocycles. The number of hydrogen-bond donors (Lipinski definition) is 0. The summed E-state index contributed by atoms with van der Waals surface area (Å²) in [6.07, 6.45) is 7.11. The summed E-state index contributed by atoms with van der Waals surface area (Å²) in [5, 5.41) is 0. The van der Waals surface area contributed by atoms with Crippen LogP contribution in [0, 0.1) is 12.3 Å². The van der Waals surface area contributed by atoms with Gasteiger partial charge in [0.2, 0.25) is 0 Å². The van der Waals surface area contributed by atoms with Gasteiger partial charge in [-0.1, -0.05) is 64.3 Å². The Balaban J connectivity index is 1.88. The van der Waals surface area contributed by atoms with E-state index in [0.717, 1.165) is 30.8 Å². The highest BCUT2D eigenvalue weighted by Gasteiger charge is 2.24. The third-order valence-electron chi connectivity index (χ3n) is 5.16. The molecule has 1 heterocycles. The molecule has 1 aliphatic rings. The van der Waals surface area contributed by atoms with Crippen LogP contribution in [0.5, 0.6) is 0 Å². The van der Waals surface area contributed by atoms with Crippen molar-refractivity contribution in [3.63, 3.8) is 0 Å². The van der Waals surface area contributed by atoms with Gasteiger partial charge in [-0.2, -0.15) is 0 Å². The summed E-state index contributed by atoms with van der Waals surface area (Å²) in [6, 6.07) is 8.13. The molecule has 2 unspecified atom stereocenters. The average molecular weight is 350 g/mol. The number of halogens is 1. The Bertz CT molecular complexity index is 465. The summed E-state index contributed by atoms with van der Waals surface area (Å²) < 4.78 is 26.1. The summed E-state index contributed by atoms with van der Waals surface area (Å²) in [5.41, 5.74) is 2.09. The van der Waals surface area contributed by atoms with Gasteiger partial charge in [0.15, 0.2) is 6.29 Å². The van der Waals surface area contributed by atoms with Crippen LogP contribution in [-0.2, 0) is 9.47 Å². The van der Waals surface area contributed by atoms with Crippen LogP contribution in [-0.4, -0.2) is 19.4 Å². The van der Waals surface area contributed by atoms with E-state index in [9.17, 15) is 4.39 Å². The summed E-state index contributed by atoms with van der Waals surface area (Å²) >= 11 is 0. The maximum absolute atomic E-state index is 14.3. The van der Waals surface area contributed by atoms with Crippen LogP contribution in [0.4, 0.5) is 4.39 Å². The molecule has 0 N–H and O–H groups in total. The number of hydrogen-bond acceptors (Lipinski definition) is 2. The molecule has 0 saturated carbocycles. The minimum Gasteiger partial charge on any atom is -0.348 e. The van der Waals surface area contributed by atoms with E-state index in [1.807, 2.05) is 44.5 Å². The second-order valence-electron chi connectivity index (χ2n) is 7.20. The lowest BCUT2D eigenvalue weighted by molar-refractivity contribution is -0.206. The molecule has 1 saturated heterocycles. The van der Waals surface area contributed by atoms with E-state index in [1.54, 1.807) is 0 Å². The quantitative estimate of drug-likeness (QED) is 0.457. The van der Waals surface area contributed by atoms with E-state index in [0.29, 0.717) is 12.3 Å². The van der Waals surface area contributed by atoms with Crippen molar-refractivity contribution in [1.82, 2.24) is 0 Å². The van der Waals surface area contributed by atoms with Gasteiger partial charge in [0, 0.05) is 17.4 Å². The van der Waals surface area contributed by atoms with Crippen LogP contribution in [0.1, 0.15) is 82.6 Å². The Hall–Kier alpha value is -0.930. The van der Waals surface area contributed by atoms with E-state index in [4.69, 9.17) is 9.47 Å². The van der Waals surface area contributed by atoms with E-state index in [-0.39, 0.29) is 12.2 Å². The molecule has 25 heavy (non-hydrogen) atoms. The fraction of sp³-hybridized carbons (Fsp3) is 0.682. The van der Waals surface area contributed by atoms with Crippen molar-refractivity contribution >= 4 is 0 Å². The Morgan fingerprint density at radius 3 is 2.36 bits per heavy atom. The van der Waals surface area contributed by atoms with E-state index < -0.39 is 6.17 Å². The zero-order chi connectivity index (χ0) is 18.1. The van der Waals surface area contributed by atoms with Crippen LogP contribution in [0.2, 0.25) is 0 Å². The molecular formula is C22H34FO2. The summed E-state index contributed by atoms with van der Waals surface area (Å²) in [6.45, 7) is 7.73. The molecule has 0 aliphatic carbocycles. The molecule has 3 heteroatoms. The van der Waals surface area contributed by atoms with Crippen molar-refractivity contribution in [3.8, 4) is 0 Å². The molecule has 141 valence electrons. The molecule has 1 fully saturated rings. The lowest BCUT2D eigenvalue weighted by atomic mass is 9.89. The predicted octanol–water partition coefficient (Wildman–Crippen LogP) is 6.37. The lowest BCUT2D eigenvalue weighted by Crippen LogP contribution is -2.27. The number of benzene rings is 1. The first-order chi connectivity index (χ1) is 12.2. The molecule has 0 bridgehead atoms. The molecular weight excluding hydrogens is 315 g/mol. The third kappa shape index (κ3) is 6.07. The Morgan fingerprint density at radius 1 is 1.12 bits per heavy atom. The van der Waals surface area contributed by atoms with Crippen molar-refractivity contribution in [1.29, 1.82) is 0 Å². The molecule has 1 aliphatic heterocycles. The summed E-state index contributed by atoms with van der Waals surface area (Å²) in [5.74, 6) is 0.477. The topological polar surface area (TPSA) is 18.5 Å². The van der Waals surface area contributed by atoms with Gasteiger partial charge in [0.1, 0.15) is 6.17 Å². The zero-order valence-electron chi connectivity index (χ0n) is 16.0. The van der Waals surface area contributed by atoms with Crippen molar-refractivity contribution in [2.45, 2.75) is 77.7 Å². The Morgan fingerprint density at radius 2 is 1.80 bits per heavy atom. The molecule has 2 nitrogen and oxygen atoms in total. The maximum atomic E-state index is 14.3. The SMILES string of the molecule is C[CH]CC(F)C(CC)c1ccc(C2OCC(CCCCC)CO2)cc1. The van der Waals surface area contributed by atoms with Crippen molar-refractivity contribution in [2.75, 3.05) is 13.2 Å². The Kier molecular flexibility index (Phi) is 8.91. The van der Waals surface area contributed by atoms with E-state index in [1.165, 1.54) is 25.7 Å². The van der Waals surface area contributed by atoms with Gasteiger partial charge in [-0.15, -0.1) is 0 Å². The van der Waals surface area contributed by atoms with Gasteiger partial charge in [-0.05, 0) is 31.2 Å². The second kappa shape index (κ2) is 10.9. The molecule has 0 spiro atoms. The van der Waals surface area contributed by atoms with E-state index in [2.05, 4.69) is 6.92 Å². The normalized spacial score (nSPS) is 23.4. The molecule has 1 aromatic rings. The third-order valence-corrected chi connectivity index (χ3v) is 5.16. The van der Waals surface area contributed by atoms with Crippen LogP contribution in [0.25, 0.3) is 0 Å². The maximum Gasteiger partial charge on any atom is 0.183 e. The highest BCUT2D eigenvalue weighted by molar-refractivity contribution is 5.27. The van der Waals surface area contributed by atoms with Gasteiger partial charge >= 0.3 is 0 Å². The molecule has 2 rings (SSSR count). The lowest BCUT2D eigenvalue weighted by Gasteiger charge is -2.30. The van der Waals surface area contributed by atoms with Crippen molar-refractivity contribution in [3.05, 3.63) is 41.8 Å². The number of unbranched alkanes of at least 4 members (excludes halogenated alkanes) is 2. The smallest absolute Gasteiger partial charge is 0.183 e. The second-order valence-corrected chi connectivity index (χ2v) is 7.20. The predicted molar refractivity (Wildman–Crippen MR) is 101 cm³/mol. The van der Waals surface area contributed by atoms with Gasteiger partial charge < -0.3 is 9.47 Å². The van der Waals surface area contributed by atoms with E-state index >= 15 is 0 Å². The van der Waals surface area contributed by atoms with Gasteiger partial charge in [-0.3, -0.25) is 0 Å². The molecule has 1 radical (unpaired) electrons. The fourth-order valence-corrected chi connectivity index (χ4v) is 3.58. The summed E-state index contributed by atoms with van der Waals surface area (Å²) in [7, 11) is 0. The van der Waals surface area contributed by atoms with Gasteiger partial charge in [-0.25, -0.2) is 4.39 Å². The first kappa shape index (κ1) is 20.4.